The number of nitrogens with one attached hydrogen (secondary N) is 1. The van der Waals surface area contributed by atoms with Gasteiger partial charge in [0, 0.05) is 18.2 Å². The summed E-state index contributed by atoms with van der Waals surface area (Å²) in [7, 11) is 0. The molecule has 0 atom stereocenters. The summed E-state index contributed by atoms with van der Waals surface area (Å²) in [5.41, 5.74) is 3.23. The van der Waals surface area contributed by atoms with Crippen LogP contribution in [0.2, 0.25) is 0 Å². The fourth-order valence-corrected chi connectivity index (χ4v) is 2.08. The summed E-state index contributed by atoms with van der Waals surface area (Å²) in [4.78, 5) is 22.8. The third-order valence-corrected chi connectivity index (χ3v) is 3.08. The largest absolute Gasteiger partial charge is 0.428 e. The van der Waals surface area contributed by atoms with Crippen molar-refractivity contribution < 1.29 is 13.9 Å². The van der Waals surface area contributed by atoms with Crippen molar-refractivity contribution >= 4 is 47.3 Å². The van der Waals surface area contributed by atoms with Crippen LogP contribution in [0.25, 0.3) is 0 Å². The highest BCUT2D eigenvalue weighted by Gasteiger charge is 2.18. The molecule has 0 radical (unpaired) electrons. The summed E-state index contributed by atoms with van der Waals surface area (Å²) in [6.07, 6.45) is 0.452. The summed E-state index contributed by atoms with van der Waals surface area (Å²) < 4.78 is 6.78. The molecule has 2 rings (SSSR count). The van der Waals surface area contributed by atoms with Gasteiger partial charge in [-0.05, 0) is 6.92 Å². The minimum atomic E-state index is -0.694. The summed E-state index contributed by atoms with van der Waals surface area (Å²) in [6.45, 7) is 1.63. The Bertz CT molecular complexity index is 751. The van der Waals surface area contributed by atoms with Crippen LogP contribution in [-0.2, 0) is 0 Å². The van der Waals surface area contributed by atoms with Crippen LogP contribution in [0, 0.1) is 6.92 Å². The Hall–Kier alpha value is -1.99. The summed E-state index contributed by atoms with van der Waals surface area (Å²) in [6, 6.07) is 10.8. The molecule has 0 spiro atoms. The third-order valence-electron chi connectivity index (χ3n) is 2.68. The highest BCUT2D eigenvalue weighted by Crippen LogP contribution is 2.18. The van der Waals surface area contributed by atoms with Crippen molar-refractivity contribution in [2.45, 2.75) is 6.92 Å². The van der Waals surface area contributed by atoms with Gasteiger partial charge in [0.2, 0.25) is 5.69 Å². The number of hydrogen-bond acceptors (Lipinski definition) is 4. The van der Waals surface area contributed by atoms with E-state index in [4.69, 9.17) is 4.42 Å². The molecule has 108 valence electrons. The lowest BCUT2D eigenvalue weighted by molar-refractivity contribution is -0.398. The standard InChI is InChI=1S/C14H12N2O3S2/c1-9-7-12(11(8-17)13(18)19-9)15-16(14(20)21)10-5-3-2-4-6-10/h2-8H,1H3,(H2,15,17,18,20,21)/p+1. The number of rotatable bonds is 4. The maximum atomic E-state index is 11.7. The second-order valence-electron chi connectivity index (χ2n) is 4.17. The first-order valence-electron chi connectivity index (χ1n) is 5.99. The minimum absolute atomic E-state index is 0.0931. The fourth-order valence-electron chi connectivity index (χ4n) is 1.75. The lowest BCUT2D eigenvalue weighted by Gasteiger charge is -2.07. The van der Waals surface area contributed by atoms with Crippen LogP contribution in [0.5, 0.6) is 0 Å². The van der Waals surface area contributed by atoms with Crippen molar-refractivity contribution in [1.82, 2.24) is 0 Å². The summed E-state index contributed by atoms with van der Waals surface area (Å²) in [5, 5.41) is 0. The Morgan fingerprint density at radius 2 is 1.95 bits per heavy atom. The number of benzene rings is 1. The first kappa shape index (κ1) is 15.4. The van der Waals surface area contributed by atoms with E-state index in [1.54, 1.807) is 13.0 Å². The molecule has 0 bridgehead atoms. The minimum Gasteiger partial charge on any atom is -0.428 e. The van der Waals surface area contributed by atoms with Gasteiger partial charge in [-0.1, -0.05) is 48.1 Å². The molecule has 0 aliphatic heterocycles. The Balaban J connectivity index is 2.52. The first-order valence-corrected chi connectivity index (χ1v) is 6.89. The first-order chi connectivity index (χ1) is 10.0. The van der Waals surface area contributed by atoms with Crippen LogP contribution in [0.4, 0.5) is 11.4 Å². The third kappa shape index (κ3) is 3.56. The number of thiol groups is 2. The average Bonchev–Trinajstić information content (AvgIpc) is 2.45. The molecule has 0 fully saturated rings. The molecule has 5 nitrogen and oxygen atoms in total. The van der Waals surface area contributed by atoms with Crippen LogP contribution in [0.1, 0.15) is 16.1 Å². The summed E-state index contributed by atoms with van der Waals surface area (Å²) >= 11 is 8.41. The lowest BCUT2D eigenvalue weighted by Crippen LogP contribution is -2.21. The molecular weight excluding hydrogens is 308 g/mol. The monoisotopic (exact) mass is 321 g/mol. The maximum Gasteiger partial charge on any atom is 0.348 e. The van der Waals surface area contributed by atoms with E-state index in [-0.39, 0.29) is 5.56 Å². The molecule has 0 saturated heterocycles. The van der Waals surface area contributed by atoms with E-state index in [9.17, 15) is 9.59 Å². The van der Waals surface area contributed by atoms with E-state index in [2.05, 4.69) is 30.7 Å². The Kier molecular flexibility index (Phi) is 4.87. The molecule has 1 aromatic heterocycles. The number of hydrazine groups is 1. The lowest BCUT2D eigenvalue weighted by atomic mass is 10.2. The second kappa shape index (κ2) is 6.64. The smallest absolute Gasteiger partial charge is 0.348 e. The van der Waals surface area contributed by atoms with Crippen molar-refractivity contribution in [3.63, 3.8) is 0 Å². The van der Waals surface area contributed by atoms with Crippen molar-refractivity contribution in [2.24, 2.45) is 0 Å². The molecular formula is C14H13N2O3S2+. The van der Waals surface area contributed by atoms with Crippen LogP contribution in [-0.4, -0.2) is 15.3 Å². The van der Waals surface area contributed by atoms with Gasteiger partial charge < -0.3 is 4.42 Å². The molecule has 7 heteroatoms. The van der Waals surface area contributed by atoms with Crippen LogP contribution < -0.4 is 11.1 Å². The second-order valence-corrected chi connectivity index (χ2v) is 5.37. The van der Waals surface area contributed by atoms with Crippen molar-refractivity contribution in [2.75, 3.05) is 5.43 Å². The van der Waals surface area contributed by atoms with Crippen molar-refractivity contribution in [3.8, 4) is 0 Å². The predicted molar refractivity (Wildman–Crippen MR) is 88.1 cm³/mol. The summed E-state index contributed by atoms with van der Waals surface area (Å²) in [5.74, 6) is 0.390. The molecule has 0 aliphatic rings. The zero-order chi connectivity index (χ0) is 15.4. The number of carbonyl (C=O) groups is 1. The number of aldehydes is 1. The van der Waals surface area contributed by atoms with E-state index in [1.165, 1.54) is 4.68 Å². The van der Waals surface area contributed by atoms with Gasteiger partial charge in [0.05, 0.1) is 0 Å². The molecule has 1 N–H and O–H groups in total. The van der Waals surface area contributed by atoms with Crippen molar-refractivity contribution in [1.29, 1.82) is 0 Å². The number of nitrogens with zero attached hydrogens (tertiary/aromatic N) is 1. The number of carbonyl (C=O) groups excluding carboxylic acids is 1. The number of hydrazone groups is 1. The van der Waals surface area contributed by atoms with E-state index in [1.807, 2.05) is 30.3 Å². The highest BCUT2D eigenvalue weighted by molar-refractivity contribution is 8.23. The molecule has 1 aromatic carbocycles. The number of anilines is 1. The number of aryl methyl sites for hydroxylation is 1. The predicted octanol–water partition coefficient (Wildman–Crippen LogP) is 2.65. The van der Waals surface area contributed by atoms with E-state index < -0.39 is 5.63 Å². The highest BCUT2D eigenvalue weighted by atomic mass is 32.2. The van der Waals surface area contributed by atoms with E-state index in [0.29, 0.717) is 22.1 Å². The number of para-hydroxylation sites is 1. The van der Waals surface area contributed by atoms with Gasteiger partial charge in [-0.25, -0.2) is 4.79 Å². The SMILES string of the molecule is Cc1cc(N[N+](=C(S)S)c2ccccc2)c(C=O)c(=O)o1. The molecule has 0 unspecified atom stereocenters. The van der Waals surface area contributed by atoms with E-state index >= 15 is 0 Å². The average molecular weight is 321 g/mol. The van der Waals surface area contributed by atoms with Crippen LogP contribution in [0.3, 0.4) is 0 Å². The van der Waals surface area contributed by atoms with Crippen LogP contribution in [0.15, 0.2) is 45.6 Å². The van der Waals surface area contributed by atoms with Gasteiger partial charge in [-0.3, -0.25) is 4.79 Å². The molecule has 0 saturated carbocycles. The Morgan fingerprint density at radius 1 is 1.29 bits per heavy atom. The van der Waals surface area contributed by atoms with Crippen molar-refractivity contribution in [3.05, 3.63) is 58.1 Å². The van der Waals surface area contributed by atoms with Gasteiger partial charge in [-0.15, -0.1) is 0 Å². The van der Waals surface area contributed by atoms with Gasteiger partial charge in [0.25, 0.3) is 4.38 Å². The zero-order valence-corrected chi connectivity index (χ0v) is 12.9. The van der Waals surface area contributed by atoms with Crippen LogP contribution >= 0.6 is 25.3 Å². The topological polar surface area (TPSA) is 62.3 Å². The van der Waals surface area contributed by atoms with Gasteiger partial charge >= 0.3 is 5.63 Å². The Labute approximate surface area is 132 Å². The quantitative estimate of drug-likeness (QED) is 0.202. The van der Waals surface area contributed by atoms with Gasteiger partial charge in [0.15, 0.2) is 6.29 Å². The zero-order valence-electron chi connectivity index (χ0n) is 11.1. The molecule has 0 aliphatic carbocycles. The molecule has 0 amide bonds. The maximum absolute atomic E-state index is 11.7. The normalized spacial score (nSPS) is 10.0. The van der Waals surface area contributed by atoms with Gasteiger partial charge in [-0.2, -0.15) is 5.43 Å². The molecule has 1 heterocycles. The number of hydrogen-bond donors (Lipinski definition) is 3. The van der Waals surface area contributed by atoms with Gasteiger partial charge in [0.1, 0.15) is 17.0 Å². The fraction of sp³-hybridized carbons (Fsp3) is 0.0714. The Morgan fingerprint density at radius 3 is 2.52 bits per heavy atom. The molecule has 2 aromatic rings. The molecule has 21 heavy (non-hydrogen) atoms. The van der Waals surface area contributed by atoms with E-state index in [0.717, 1.165) is 5.69 Å².